The first kappa shape index (κ1) is 58.3. The Hall–Kier alpha value is -2.71. The number of carboxylic acid groups (broad SMARTS) is 1. The second-order valence-corrected chi connectivity index (χ2v) is 18.1. The molecule has 0 fully saturated rings. The van der Waals surface area contributed by atoms with Gasteiger partial charge in [-0.15, -0.1) is 0 Å². The molecule has 0 radical (unpaired) electrons. The Balaban J connectivity index is 4.27. The van der Waals surface area contributed by atoms with Crippen LogP contribution in [0.1, 0.15) is 219 Å². The van der Waals surface area contributed by atoms with E-state index in [0.717, 1.165) is 51.4 Å². The van der Waals surface area contributed by atoms with Crippen LogP contribution in [0.15, 0.2) is 48.6 Å². The quantitative estimate of drug-likeness (QED) is 0.0214. The maximum atomic E-state index is 12.8. The van der Waals surface area contributed by atoms with Crippen molar-refractivity contribution in [3.05, 3.63) is 48.6 Å². The van der Waals surface area contributed by atoms with E-state index in [1.54, 1.807) is 0 Å². The number of hydrogen-bond acceptors (Lipinski definition) is 6. The molecule has 0 saturated heterocycles. The highest BCUT2D eigenvalue weighted by atomic mass is 16.6. The lowest BCUT2D eigenvalue weighted by Gasteiger charge is -2.31. The van der Waals surface area contributed by atoms with Crippen molar-refractivity contribution >= 4 is 17.9 Å². The van der Waals surface area contributed by atoms with Gasteiger partial charge in [0.15, 0.2) is 12.1 Å². The SMILES string of the molecule is CCCCC/C=C/C/C=C/CCCCCCCCCC(=O)OC(COCCC(C(=O)O)[N+](C)(C)C)COC(=O)CCCCCCCCCCCC/C=C/C=C/CCCCCC. The lowest BCUT2D eigenvalue weighted by molar-refractivity contribution is -0.887. The van der Waals surface area contributed by atoms with E-state index in [1.807, 2.05) is 21.1 Å². The van der Waals surface area contributed by atoms with Gasteiger partial charge in [-0.05, 0) is 70.6 Å². The van der Waals surface area contributed by atoms with Gasteiger partial charge >= 0.3 is 17.9 Å². The largest absolute Gasteiger partial charge is 0.477 e. The third-order valence-corrected chi connectivity index (χ3v) is 11.2. The molecule has 0 saturated carbocycles. The van der Waals surface area contributed by atoms with E-state index in [4.69, 9.17) is 14.2 Å². The molecule has 0 aromatic heterocycles. The summed E-state index contributed by atoms with van der Waals surface area (Å²) in [6, 6.07) is -0.617. The Morgan fingerprint density at radius 1 is 0.508 bits per heavy atom. The number of carboxylic acids is 1. The van der Waals surface area contributed by atoms with Gasteiger partial charge in [0.25, 0.3) is 0 Å². The zero-order valence-electron chi connectivity index (χ0n) is 40.4. The predicted octanol–water partition coefficient (Wildman–Crippen LogP) is 14.4. The number of esters is 2. The van der Waals surface area contributed by atoms with Gasteiger partial charge in [-0.25, -0.2) is 4.79 Å². The maximum Gasteiger partial charge on any atom is 0.362 e. The summed E-state index contributed by atoms with van der Waals surface area (Å²) in [5, 5.41) is 9.65. The van der Waals surface area contributed by atoms with Crippen LogP contribution in [0.5, 0.6) is 0 Å². The Morgan fingerprint density at radius 3 is 1.39 bits per heavy atom. The van der Waals surface area contributed by atoms with Crippen LogP contribution in [0.3, 0.4) is 0 Å². The number of aliphatic carboxylic acids is 1. The molecule has 0 aliphatic carbocycles. The van der Waals surface area contributed by atoms with Crippen molar-refractivity contribution in [2.75, 3.05) is 41.0 Å². The number of likely N-dealkylation sites (N-methyl/N-ethyl adjacent to an activating group) is 1. The molecular formula is C53H96NO7+. The van der Waals surface area contributed by atoms with E-state index < -0.39 is 18.1 Å². The first-order chi connectivity index (χ1) is 29.6. The van der Waals surface area contributed by atoms with Crippen LogP contribution >= 0.6 is 0 Å². The van der Waals surface area contributed by atoms with Crippen molar-refractivity contribution in [1.82, 2.24) is 0 Å². The molecule has 2 atom stereocenters. The van der Waals surface area contributed by atoms with E-state index in [2.05, 4.69) is 62.5 Å². The van der Waals surface area contributed by atoms with E-state index in [1.165, 1.54) is 135 Å². The Bertz CT molecular complexity index is 1140. The first-order valence-corrected chi connectivity index (χ1v) is 25.2. The Kier molecular flexibility index (Phi) is 42.0. The van der Waals surface area contributed by atoms with Crippen LogP contribution in [0.2, 0.25) is 0 Å². The highest BCUT2D eigenvalue weighted by Crippen LogP contribution is 2.15. The van der Waals surface area contributed by atoms with Gasteiger partial charge in [0.1, 0.15) is 6.61 Å². The third kappa shape index (κ3) is 42.4. The minimum Gasteiger partial charge on any atom is -0.477 e. The number of rotatable bonds is 45. The second-order valence-electron chi connectivity index (χ2n) is 18.1. The van der Waals surface area contributed by atoms with Crippen molar-refractivity contribution in [1.29, 1.82) is 0 Å². The molecule has 0 aliphatic rings. The fourth-order valence-corrected chi connectivity index (χ4v) is 7.29. The average molecular weight is 859 g/mol. The number of allylic oxidation sites excluding steroid dienone is 8. The Morgan fingerprint density at radius 2 is 0.918 bits per heavy atom. The van der Waals surface area contributed by atoms with Crippen molar-refractivity contribution in [2.24, 2.45) is 0 Å². The van der Waals surface area contributed by atoms with Gasteiger partial charge < -0.3 is 23.8 Å². The third-order valence-electron chi connectivity index (χ3n) is 11.2. The summed E-state index contributed by atoms with van der Waals surface area (Å²) in [4.78, 5) is 37.1. The van der Waals surface area contributed by atoms with Crippen LogP contribution in [-0.4, -0.2) is 80.6 Å². The van der Waals surface area contributed by atoms with Crippen molar-refractivity contribution in [3.63, 3.8) is 0 Å². The molecule has 0 amide bonds. The second kappa shape index (κ2) is 43.9. The molecule has 0 heterocycles. The van der Waals surface area contributed by atoms with Crippen molar-refractivity contribution in [2.45, 2.75) is 231 Å². The number of nitrogens with zero attached hydrogens (tertiary/aromatic N) is 1. The minimum atomic E-state index is -0.876. The highest BCUT2D eigenvalue weighted by molar-refractivity contribution is 5.72. The Labute approximate surface area is 376 Å². The van der Waals surface area contributed by atoms with Crippen molar-refractivity contribution in [3.8, 4) is 0 Å². The van der Waals surface area contributed by atoms with E-state index >= 15 is 0 Å². The van der Waals surface area contributed by atoms with Crippen molar-refractivity contribution < 1.29 is 38.2 Å². The summed E-state index contributed by atoms with van der Waals surface area (Å²) in [5.41, 5.74) is 0. The lowest BCUT2D eigenvalue weighted by Crippen LogP contribution is -2.50. The van der Waals surface area contributed by atoms with Gasteiger partial charge in [-0.2, -0.15) is 0 Å². The molecule has 0 aromatic carbocycles. The maximum absolute atomic E-state index is 12.8. The first-order valence-electron chi connectivity index (χ1n) is 25.2. The highest BCUT2D eigenvalue weighted by Gasteiger charge is 2.31. The zero-order chi connectivity index (χ0) is 44.9. The molecule has 354 valence electrons. The van der Waals surface area contributed by atoms with Crippen LogP contribution in [0, 0.1) is 0 Å². The molecule has 1 N–H and O–H groups in total. The predicted molar refractivity (Wildman–Crippen MR) is 257 cm³/mol. The molecule has 0 rings (SSSR count). The number of carbonyl (C=O) groups excluding carboxylic acids is 2. The lowest BCUT2D eigenvalue weighted by atomic mass is 10.1. The molecule has 0 aromatic rings. The minimum absolute atomic E-state index is 0.0558. The number of unbranched alkanes of at least 4 members (excludes halogenated alkanes) is 24. The smallest absolute Gasteiger partial charge is 0.362 e. The van der Waals surface area contributed by atoms with Gasteiger partial charge in [0.2, 0.25) is 0 Å². The number of carbonyl (C=O) groups is 3. The van der Waals surface area contributed by atoms with Gasteiger partial charge in [-0.1, -0.05) is 178 Å². The number of quaternary nitrogens is 1. The van der Waals surface area contributed by atoms with E-state index in [-0.39, 0.29) is 36.2 Å². The fraction of sp³-hybridized carbons (Fsp3) is 0.792. The summed E-state index contributed by atoms with van der Waals surface area (Å²) >= 11 is 0. The summed E-state index contributed by atoms with van der Waals surface area (Å²) in [7, 11) is 5.53. The summed E-state index contributed by atoms with van der Waals surface area (Å²) < 4.78 is 17.3. The van der Waals surface area contributed by atoms with Crippen LogP contribution in [-0.2, 0) is 28.6 Å². The van der Waals surface area contributed by atoms with E-state index in [0.29, 0.717) is 19.3 Å². The number of hydrogen-bond donors (Lipinski definition) is 1. The monoisotopic (exact) mass is 859 g/mol. The zero-order valence-corrected chi connectivity index (χ0v) is 40.4. The molecule has 61 heavy (non-hydrogen) atoms. The summed E-state index contributed by atoms with van der Waals surface area (Å²) in [5.74, 6) is -1.48. The molecule has 8 nitrogen and oxygen atoms in total. The normalized spacial score (nSPS) is 13.3. The molecular weight excluding hydrogens is 763 g/mol. The molecule has 2 unspecified atom stereocenters. The van der Waals surface area contributed by atoms with E-state index in [9.17, 15) is 19.5 Å². The average Bonchev–Trinajstić information content (AvgIpc) is 3.22. The summed E-state index contributed by atoms with van der Waals surface area (Å²) in [6.07, 6.45) is 52.9. The van der Waals surface area contributed by atoms with Gasteiger partial charge in [0, 0.05) is 19.3 Å². The van der Waals surface area contributed by atoms with Crippen LogP contribution < -0.4 is 0 Å². The van der Waals surface area contributed by atoms with Crippen LogP contribution in [0.4, 0.5) is 0 Å². The molecule has 0 bridgehead atoms. The molecule has 0 aliphatic heterocycles. The standard InChI is InChI=1S/C53H95NO7/c1-6-8-10-12-14-16-18-20-22-24-25-26-28-29-31-33-35-37-39-41-43-51(55)60-48-49(47-59-46-45-50(53(57)58)54(3,4)5)61-52(56)44-42-40-38-36-34-32-30-27-23-21-19-17-15-13-11-9-7-2/h15-18,20-23,49-50H,6-14,19,24-48H2,1-5H3/p+1/b17-15+,18-16+,22-20+,23-21+. The molecule has 8 heteroatoms. The van der Waals surface area contributed by atoms with Gasteiger partial charge in [0.05, 0.1) is 34.4 Å². The topological polar surface area (TPSA) is 99.1 Å². The summed E-state index contributed by atoms with van der Waals surface area (Å²) in [6.45, 7) is 4.70. The molecule has 0 spiro atoms. The fourth-order valence-electron chi connectivity index (χ4n) is 7.29. The van der Waals surface area contributed by atoms with Crippen LogP contribution in [0.25, 0.3) is 0 Å². The van der Waals surface area contributed by atoms with Gasteiger partial charge in [-0.3, -0.25) is 9.59 Å². The number of ether oxygens (including phenoxy) is 3.